The predicted molar refractivity (Wildman–Crippen MR) is 96.3 cm³/mol. The molecule has 0 saturated carbocycles. The monoisotopic (exact) mass is 400 g/mol. The van der Waals surface area contributed by atoms with Crippen LogP contribution in [0, 0.1) is 0 Å². The van der Waals surface area contributed by atoms with Crippen molar-refractivity contribution >= 4 is 44.0 Å². The van der Waals surface area contributed by atoms with E-state index in [-0.39, 0.29) is 10.8 Å². The second kappa shape index (κ2) is 7.36. The number of nitrogens with zero attached hydrogens (tertiary/aromatic N) is 3. The number of sulfonamides is 1. The second-order valence-corrected chi connectivity index (χ2v) is 8.96. The predicted octanol–water partition coefficient (Wildman–Crippen LogP) is 2.55. The van der Waals surface area contributed by atoms with Crippen LogP contribution in [0.5, 0.6) is 0 Å². The molecule has 25 heavy (non-hydrogen) atoms. The number of rotatable bonds is 5. The fraction of sp³-hybridized carbons (Fsp3) is 0.400. The molecule has 1 amide bonds. The average molecular weight is 401 g/mol. The largest absolute Gasteiger partial charge is 0.299 e. The number of nitrogens with one attached hydrogen (secondary N) is 1. The Kier molecular flexibility index (Phi) is 5.38. The van der Waals surface area contributed by atoms with E-state index in [9.17, 15) is 13.2 Å². The topological polar surface area (TPSA) is 92.3 Å². The van der Waals surface area contributed by atoms with Crippen molar-refractivity contribution in [2.45, 2.75) is 37.1 Å². The van der Waals surface area contributed by atoms with Gasteiger partial charge in [0.1, 0.15) is 11.0 Å². The molecule has 1 aromatic heterocycles. The quantitative estimate of drug-likeness (QED) is 0.832. The highest BCUT2D eigenvalue weighted by Gasteiger charge is 2.39. The van der Waals surface area contributed by atoms with Gasteiger partial charge in [-0.2, -0.15) is 4.31 Å². The number of aryl methyl sites for hydroxylation is 1. The lowest BCUT2D eigenvalue weighted by Gasteiger charge is -2.23. The van der Waals surface area contributed by atoms with Crippen LogP contribution >= 0.6 is 22.9 Å². The Balaban J connectivity index is 1.79. The summed E-state index contributed by atoms with van der Waals surface area (Å²) in [6.07, 6.45) is 1.83. The van der Waals surface area contributed by atoms with E-state index in [1.807, 2.05) is 6.92 Å². The molecule has 134 valence electrons. The molecule has 1 atom stereocenters. The van der Waals surface area contributed by atoms with Crippen LogP contribution in [0.3, 0.4) is 0 Å². The number of hydrogen-bond donors (Lipinski definition) is 1. The van der Waals surface area contributed by atoms with Gasteiger partial charge in [-0.25, -0.2) is 8.42 Å². The van der Waals surface area contributed by atoms with Gasteiger partial charge in [-0.3, -0.25) is 10.1 Å². The minimum Gasteiger partial charge on any atom is -0.299 e. The van der Waals surface area contributed by atoms with Gasteiger partial charge >= 0.3 is 0 Å². The number of aromatic nitrogens is 2. The number of hydrogen-bond acceptors (Lipinski definition) is 6. The molecule has 1 N–H and O–H groups in total. The highest BCUT2D eigenvalue weighted by molar-refractivity contribution is 7.89. The molecule has 7 nitrogen and oxygen atoms in total. The van der Waals surface area contributed by atoms with Crippen molar-refractivity contribution in [1.82, 2.24) is 14.5 Å². The second-order valence-electron chi connectivity index (χ2n) is 5.57. The summed E-state index contributed by atoms with van der Waals surface area (Å²) in [6.45, 7) is 2.25. The van der Waals surface area contributed by atoms with Gasteiger partial charge in [0, 0.05) is 11.6 Å². The maximum atomic E-state index is 12.8. The summed E-state index contributed by atoms with van der Waals surface area (Å²) in [4.78, 5) is 12.7. The zero-order chi connectivity index (χ0) is 18.0. The van der Waals surface area contributed by atoms with E-state index < -0.39 is 16.1 Å². The molecule has 2 heterocycles. The molecule has 0 spiro atoms. The minimum atomic E-state index is -3.76. The molecule has 2 aromatic rings. The number of carbonyl (C=O) groups is 1. The lowest BCUT2D eigenvalue weighted by Crippen LogP contribution is -2.43. The number of benzene rings is 1. The number of carbonyl (C=O) groups excluding carboxylic acids is 1. The van der Waals surface area contributed by atoms with Crippen LogP contribution in [0.4, 0.5) is 5.13 Å². The van der Waals surface area contributed by atoms with Crippen LogP contribution in [0.15, 0.2) is 29.2 Å². The van der Waals surface area contributed by atoms with Gasteiger partial charge < -0.3 is 0 Å². The molecule has 0 aliphatic carbocycles. The van der Waals surface area contributed by atoms with Gasteiger partial charge in [0.2, 0.25) is 21.1 Å². The summed E-state index contributed by atoms with van der Waals surface area (Å²) >= 11 is 7.11. The summed E-state index contributed by atoms with van der Waals surface area (Å²) in [6, 6.07) is 5.18. The summed E-state index contributed by atoms with van der Waals surface area (Å²) in [7, 11) is -3.76. The fourth-order valence-electron chi connectivity index (χ4n) is 2.67. The van der Waals surface area contributed by atoms with Gasteiger partial charge in [0.05, 0.1) is 4.90 Å². The van der Waals surface area contributed by atoms with Crippen molar-refractivity contribution in [1.29, 1.82) is 0 Å². The maximum absolute atomic E-state index is 12.8. The lowest BCUT2D eigenvalue weighted by atomic mass is 10.2. The zero-order valence-corrected chi connectivity index (χ0v) is 15.9. The van der Waals surface area contributed by atoms with Crippen LogP contribution < -0.4 is 5.32 Å². The smallest absolute Gasteiger partial charge is 0.244 e. The maximum Gasteiger partial charge on any atom is 0.244 e. The Bertz CT molecular complexity index is 867. The van der Waals surface area contributed by atoms with Gasteiger partial charge in [0.15, 0.2) is 0 Å². The van der Waals surface area contributed by atoms with Gasteiger partial charge in [-0.05, 0) is 43.5 Å². The third-order valence-corrected chi connectivity index (χ3v) is 7.08. The molecule has 1 saturated heterocycles. The van der Waals surface area contributed by atoms with E-state index in [1.54, 1.807) is 0 Å². The summed E-state index contributed by atoms with van der Waals surface area (Å²) < 4.78 is 26.9. The number of amides is 1. The van der Waals surface area contributed by atoms with E-state index in [0.717, 1.165) is 11.4 Å². The first-order valence-corrected chi connectivity index (χ1v) is 10.5. The molecular formula is C15H17ClN4O3S2. The van der Waals surface area contributed by atoms with Crippen LogP contribution in [0.1, 0.15) is 24.8 Å². The van der Waals surface area contributed by atoms with Crippen LogP contribution in [-0.2, 0) is 21.2 Å². The zero-order valence-electron chi connectivity index (χ0n) is 13.5. The molecule has 0 bridgehead atoms. The fourth-order valence-corrected chi connectivity index (χ4v) is 5.13. The summed E-state index contributed by atoms with van der Waals surface area (Å²) in [5.41, 5.74) is 0. The van der Waals surface area contributed by atoms with Crippen LogP contribution in [0.2, 0.25) is 5.02 Å². The van der Waals surface area contributed by atoms with Crippen molar-refractivity contribution in [2.24, 2.45) is 0 Å². The van der Waals surface area contributed by atoms with Crippen molar-refractivity contribution in [3.8, 4) is 0 Å². The van der Waals surface area contributed by atoms with Crippen molar-refractivity contribution in [3.05, 3.63) is 34.3 Å². The summed E-state index contributed by atoms with van der Waals surface area (Å²) in [5, 5.41) is 12.2. The minimum absolute atomic E-state index is 0.126. The van der Waals surface area contributed by atoms with Crippen molar-refractivity contribution < 1.29 is 13.2 Å². The normalized spacial score (nSPS) is 18.4. The molecule has 1 unspecified atom stereocenters. The first-order chi connectivity index (χ1) is 11.9. The van der Waals surface area contributed by atoms with E-state index in [1.165, 1.54) is 39.9 Å². The van der Waals surface area contributed by atoms with Gasteiger partial charge in [-0.1, -0.05) is 29.9 Å². The number of halogens is 1. The third-order valence-electron chi connectivity index (χ3n) is 3.93. The van der Waals surface area contributed by atoms with E-state index >= 15 is 0 Å². The molecule has 0 radical (unpaired) electrons. The standard InChI is InChI=1S/C15H17ClN4O3S2/c1-2-13-18-19-15(24-13)17-14(21)12-4-3-9-20(12)25(22,23)11-7-5-10(16)6-8-11/h5-8,12H,2-4,9H2,1H3,(H,17,19,21). The molecule has 3 rings (SSSR count). The average Bonchev–Trinajstić information content (AvgIpc) is 3.24. The van der Waals surface area contributed by atoms with Crippen molar-refractivity contribution in [3.63, 3.8) is 0 Å². The Morgan fingerprint density at radius 3 is 2.72 bits per heavy atom. The third kappa shape index (κ3) is 3.84. The van der Waals surface area contributed by atoms with Gasteiger partial charge in [-0.15, -0.1) is 10.2 Å². The Morgan fingerprint density at radius 2 is 2.08 bits per heavy atom. The molecule has 1 aliphatic heterocycles. The van der Waals surface area contributed by atoms with Crippen molar-refractivity contribution in [2.75, 3.05) is 11.9 Å². The first kappa shape index (κ1) is 18.2. The molecule has 1 aromatic carbocycles. The van der Waals surface area contributed by atoms with E-state index in [2.05, 4.69) is 15.5 Å². The first-order valence-electron chi connectivity index (χ1n) is 7.82. The van der Waals surface area contributed by atoms with E-state index in [0.29, 0.717) is 29.5 Å². The summed E-state index contributed by atoms with van der Waals surface area (Å²) in [5.74, 6) is -0.381. The Hall–Kier alpha value is -1.55. The molecule has 10 heteroatoms. The van der Waals surface area contributed by atoms with E-state index in [4.69, 9.17) is 11.6 Å². The highest BCUT2D eigenvalue weighted by atomic mass is 35.5. The highest BCUT2D eigenvalue weighted by Crippen LogP contribution is 2.28. The number of anilines is 1. The van der Waals surface area contributed by atoms with Crippen LogP contribution in [0.25, 0.3) is 0 Å². The SMILES string of the molecule is CCc1nnc(NC(=O)C2CCCN2S(=O)(=O)c2ccc(Cl)cc2)s1. The molecular weight excluding hydrogens is 384 g/mol. The molecule has 1 fully saturated rings. The van der Waals surface area contributed by atoms with Crippen LogP contribution in [-0.4, -0.2) is 41.4 Å². The Labute approximate surface area is 155 Å². The lowest BCUT2D eigenvalue weighted by molar-refractivity contribution is -0.119. The van der Waals surface area contributed by atoms with Gasteiger partial charge in [0.25, 0.3) is 0 Å². The molecule has 1 aliphatic rings. The Morgan fingerprint density at radius 1 is 1.36 bits per heavy atom.